The number of hydrogen-bond acceptors (Lipinski definition) is 4. The maximum Gasteiger partial charge on any atom is 0.267 e. The van der Waals surface area contributed by atoms with Crippen LogP contribution in [0.1, 0.15) is 25.3 Å². The fraction of sp³-hybridized carbons (Fsp3) is 0.400. The van der Waals surface area contributed by atoms with Gasteiger partial charge in [-0.3, -0.25) is 9.59 Å². The van der Waals surface area contributed by atoms with Crippen molar-refractivity contribution in [2.75, 3.05) is 13.2 Å². The minimum Gasteiger partial charge on any atom is -0.492 e. The molecule has 2 amide bonds. The zero-order chi connectivity index (χ0) is 15.9. The van der Waals surface area contributed by atoms with Gasteiger partial charge in [0, 0.05) is 19.4 Å². The van der Waals surface area contributed by atoms with Crippen molar-refractivity contribution in [3.05, 3.63) is 28.8 Å². The van der Waals surface area contributed by atoms with Gasteiger partial charge in [0.2, 0.25) is 5.91 Å². The van der Waals surface area contributed by atoms with E-state index in [0.29, 0.717) is 48.9 Å². The Bertz CT molecular complexity index is 602. The largest absolute Gasteiger partial charge is 0.492 e. The SMILES string of the molecule is CCOc1ccc(CCNC(=O)C2=NNC(=O)CC2)cc1Cl. The number of hydrogen-bond donors (Lipinski definition) is 2. The fourth-order valence-corrected chi connectivity index (χ4v) is 2.29. The number of rotatable bonds is 6. The number of halogens is 1. The molecule has 0 atom stereocenters. The van der Waals surface area contributed by atoms with Gasteiger partial charge in [-0.05, 0) is 31.0 Å². The molecule has 6 nitrogen and oxygen atoms in total. The first kappa shape index (κ1) is 16.3. The zero-order valence-corrected chi connectivity index (χ0v) is 13.1. The maximum absolute atomic E-state index is 11.9. The van der Waals surface area contributed by atoms with Crippen molar-refractivity contribution in [3.63, 3.8) is 0 Å². The van der Waals surface area contributed by atoms with Gasteiger partial charge >= 0.3 is 0 Å². The first-order chi connectivity index (χ1) is 10.6. The molecule has 2 N–H and O–H groups in total. The number of carbonyl (C=O) groups excluding carboxylic acids is 2. The molecule has 1 aliphatic heterocycles. The first-order valence-electron chi connectivity index (χ1n) is 7.15. The molecule has 0 radical (unpaired) electrons. The highest BCUT2D eigenvalue weighted by Crippen LogP contribution is 2.25. The summed E-state index contributed by atoms with van der Waals surface area (Å²) < 4.78 is 5.37. The third-order valence-electron chi connectivity index (χ3n) is 3.16. The average molecular weight is 324 g/mol. The van der Waals surface area contributed by atoms with Gasteiger partial charge in [-0.25, -0.2) is 5.43 Å². The van der Waals surface area contributed by atoms with E-state index in [1.165, 1.54) is 0 Å². The van der Waals surface area contributed by atoms with Crippen molar-refractivity contribution in [1.29, 1.82) is 0 Å². The Kier molecular flexibility index (Phi) is 5.77. The molecule has 0 aliphatic carbocycles. The molecule has 0 saturated heterocycles. The summed E-state index contributed by atoms with van der Waals surface area (Å²) in [5.74, 6) is 0.238. The van der Waals surface area contributed by atoms with Crippen LogP contribution in [0.25, 0.3) is 0 Å². The minimum atomic E-state index is -0.253. The molecule has 22 heavy (non-hydrogen) atoms. The molecule has 0 bridgehead atoms. The molecule has 118 valence electrons. The molecule has 0 spiro atoms. The van der Waals surface area contributed by atoms with Crippen molar-refractivity contribution in [3.8, 4) is 5.75 Å². The quantitative estimate of drug-likeness (QED) is 0.835. The number of nitrogens with zero attached hydrogens (tertiary/aromatic N) is 1. The predicted molar refractivity (Wildman–Crippen MR) is 84.1 cm³/mol. The number of nitrogens with one attached hydrogen (secondary N) is 2. The van der Waals surface area contributed by atoms with Gasteiger partial charge in [0.1, 0.15) is 11.5 Å². The average Bonchev–Trinajstić information content (AvgIpc) is 2.50. The highest BCUT2D eigenvalue weighted by atomic mass is 35.5. The lowest BCUT2D eigenvalue weighted by Gasteiger charge is -2.12. The summed E-state index contributed by atoms with van der Waals surface area (Å²) in [7, 11) is 0. The van der Waals surface area contributed by atoms with Crippen LogP contribution in [0.15, 0.2) is 23.3 Å². The van der Waals surface area contributed by atoms with E-state index in [1.54, 1.807) is 0 Å². The molecule has 0 aromatic heterocycles. The van der Waals surface area contributed by atoms with Crippen LogP contribution in [-0.4, -0.2) is 30.7 Å². The summed E-state index contributed by atoms with van der Waals surface area (Å²) in [5, 5.41) is 7.09. The first-order valence-corrected chi connectivity index (χ1v) is 7.52. The van der Waals surface area contributed by atoms with Crippen molar-refractivity contribution in [2.24, 2.45) is 5.10 Å². The molecule has 0 fully saturated rings. The Labute approximate surface area is 133 Å². The Morgan fingerprint density at radius 1 is 1.45 bits per heavy atom. The summed E-state index contributed by atoms with van der Waals surface area (Å²) in [6.07, 6.45) is 1.31. The fourth-order valence-electron chi connectivity index (χ4n) is 2.03. The van der Waals surface area contributed by atoms with Crippen LogP contribution in [0.5, 0.6) is 5.75 Å². The van der Waals surface area contributed by atoms with Gasteiger partial charge in [-0.1, -0.05) is 17.7 Å². The van der Waals surface area contributed by atoms with Gasteiger partial charge in [-0.15, -0.1) is 0 Å². The van der Waals surface area contributed by atoms with Crippen LogP contribution < -0.4 is 15.5 Å². The predicted octanol–water partition coefficient (Wildman–Crippen LogP) is 1.66. The van der Waals surface area contributed by atoms with E-state index in [9.17, 15) is 9.59 Å². The summed E-state index contributed by atoms with van der Waals surface area (Å²) in [6, 6.07) is 5.57. The van der Waals surface area contributed by atoms with Crippen LogP contribution in [-0.2, 0) is 16.0 Å². The number of benzene rings is 1. The molecule has 7 heteroatoms. The molecule has 1 heterocycles. The van der Waals surface area contributed by atoms with E-state index in [0.717, 1.165) is 5.56 Å². The van der Waals surface area contributed by atoms with Gasteiger partial charge in [0.05, 0.1) is 11.6 Å². The highest BCUT2D eigenvalue weighted by Gasteiger charge is 2.17. The molecule has 0 unspecified atom stereocenters. The normalized spacial score (nSPS) is 14.1. The third kappa shape index (κ3) is 4.46. The Morgan fingerprint density at radius 3 is 2.91 bits per heavy atom. The molecular formula is C15H18ClN3O3. The van der Waals surface area contributed by atoms with Crippen LogP contribution in [0.3, 0.4) is 0 Å². The number of carbonyl (C=O) groups is 2. The molecule has 1 aromatic rings. The van der Waals surface area contributed by atoms with Crippen LogP contribution in [0.4, 0.5) is 0 Å². The molecular weight excluding hydrogens is 306 g/mol. The van der Waals surface area contributed by atoms with E-state index in [2.05, 4.69) is 15.8 Å². The van der Waals surface area contributed by atoms with Gasteiger partial charge < -0.3 is 10.1 Å². The molecule has 2 rings (SSSR count). The summed E-state index contributed by atoms with van der Waals surface area (Å²) in [5.41, 5.74) is 3.66. The maximum atomic E-state index is 11.9. The van der Waals surface area contributed by atoms with Crippen molar-refractivity contribution in [2.45, 2.75) is 26.2 Å². The zero-order valence-electron chi connectivity index (χ0n) is 12.3. The molecule has 1 aromatic carbocycles. The van der Waals surface area contributed by atoms with Crippen molar-refractivity contribution in [1.82, 2.24) is 10.7 Å². The van der Waals surface area contributed by atoms with E-state index in [-0.39, 0.29) is 11.8 Å². The van der Waals surface area contributed by atoms with E-state index in [4.69, 9.17) is 16.3 Å². The van der Waals surface area contributed by atoms with Gasteiger partial charge in [-0.2, -0.15) is 5.10 Å². The number of hydrazone groups is 1. The topological polar surface area (TPSA) is 79.8 Å². The number of amides is 2. The second-order valence-electron chi connectivity index (χ2n) is 4.80. The second kappa shape index (κ2) is 7.79. The Hall–Kier alpha value is -2.08. The summed E-state index contributed by atoms with van der Waals surface area (Å²) in [6.45, 7) is 2.93. The Morgan fingerprint density at radius 2 is 2.27 bits per heavy atom. The summed E-state index contributed by atoms with van der Waals surface area (Å²) in [4.78, 5) is 22.8. The van der Waals surface area contributed by atoms with Crippen molar-refractivity contribution >= 4 is 29.1 Å². The summed E-state index contributed by atoms with van der Waals surface area (Å²) >= 11 is 6.11. The monoisotopic (exact) mass is 323 g/mol. The lowest BCUT2D eigenvalue weighted by molar-refractivity contribution is -0.121. The van der Waals surface area contributed by atoms with E-state index < -0.39 is 0 Å². The van der Waals surface area contributed by atoms with Gasteiger partial charge in [0.15, 0.2) is 0 Å². The minimum absolute atomic E-state index is 0.166. The van der Waals surface area contributed by atoms with Gasteiger partial charge in [0.25, 0.3) is 5.91 Å². The smallest absolute Gasteiger partial charge is 0.267 e. The van der Waals surface area contributed by atoms with Crippen LogP contribution in [0.2, 0.25) is 5.02 Å². The second-order valence-corrected chi connectivity index (χ2v) is 5.20. The molecule has 0 saturated carbocycles. The number of ether oxygens (including phenoxy) is 1. The lowest BCUT2D eigenvalue weighted by atomic mass is 10.1. The Balaban J connectivity index is 1.82. The van der Waals surface area contributed by atoms with Crippen LogP contribution >= 0.6 is 11.6 Å². The standard InChI is InChI=1S/C15H18ClN3O3/c1-2-22-13-5-3-10(9-11(13)16)7-8-17-15(21)12-4-6-14(20)19-18-12/h3,5,9H,2,4,6-8H2,1H3,(H,17,21)(H,19,20). The lowest BCUT2D eigenvalue weighted by Crippen LogP contribution is -2.37. The van der Waals surface area contributed by atoms with Crippen LogP contribution in [0, 0.1) is 0 Å². The van der Waals surface area contributed by atoms with E-state index in [1.807, 2.05) is 25.1 Å². The van der Waals surface area contributed by atoms with E-state index >= 15 is 0 Å². The van der Waals surface area contributed by atoms with Crippen molar-refractivity contribution < 1.29 is 14.3 Å². The third-order valence-corrected chi connectivity index (χ3v) is 3.46. The highest BCUT2D eigenvalue weighted by molar-refractivity contribution is 6.39. The molecule has 1 aliphatic rings.